The Hall–Kier alpha value is -2.85. The van der Waals surface area contributed by atoms with Crippen molar-refractivity contribution in [1.29, 1.82) is 0 Å². The smallest absolute Gasteiger partial charge is 0.293 e. The van der Waals surface area contributed by atoms with Gasteiger partial charge in [-0.25, -0.2) is 13.8 Å². The molecule has 2 aliphatic rings. The van der Waals surface area contributed by atoms with Gasteiger partial charge in [0.15, 0.2) is 6.39 Å². The Morgan fingerprint density at radius 2 is 2.03 bits per heavy atom. The first-order valence-corrected chi connectivity index (χ1v) is 9.25. The van der Waals surface area contributed by atoms with E-state index in [9.17, 15) is 18.4 Å². The van der Waals surface area contributed by atoms with Crippen LogP contribution in [0.2, 0.25) is 0 Å². The van der Waals surface area contributed by atoms with Crippen LogP contribution in [0, 0.1) is 18.6 Å². The molecule has 0 spiro atoms. The Bertz CT molecular complexity index is 948. The number of carbonyl (C=O) groups is 2. The summed E-state index contributed by atoms with van der Waals surface area (Å²) < 4.78 is 39.0. The molecule has 0 aliphatic carbocycles. The first-order valence-electron chi connectivity index (χ1n) is 9.25. The molecule has 0 bridgehead atoms. The van der Waals surface area contributed by atoms with Gasteiger partial charge in [0.25, 0.3) is 11.8 Å². The van der Waals surface area contributed by atoms with E-state index in [4.69, 9.17) is 9.15 Å². The number of anilines is 1. The third-order valence-corrected chi connectivity index (χ3v) is 5.21. The van der Waals surface area contributed by atoms with Gasteiger partial charge in [0.05, 0.1) is 36.2 Å². The maximum absolute atomic E-state index is 14.4. The zero-order valence-electron chi connectivity index (χ0n) is 15.8. The number of rotatable bonds is 3. The lowest BCUT2D eigenvalue weighted by Gasteiger charge is -2.43. The van der Waals surface area contributed by atoms with Gasteiger partial charge < -0.3 is 19.4 Å². The number of benzene rings is 1. The molecule has 154 valence electrons. The van der Waals surface area contributed by atoms with Crippen molar-refractivity contribution in [1.82, 2.24) is 14.8 Å². The van der Waals surface area contributed by atoms with Crippen LogP contribution < -0.4 is 5.32 Å². The number of oxazole rings is 1. The normalized spacial score (nSPS) is 19.7. The fraction of sp³-hybridized carbons (Fsp3) is 0.421. The molecule has 2 aromatic rings. The zero-order chi connectivity index (χ0) is 20.5. The number of ether oxygens (including phenoxy) is 1. The largest absolute Gasteiger partial charge is 0.438 e. The van der Waals surface area contributed by atoms with Gasteiger partial charge in [0, 0.05) is 32.2 Å². The average Bonchev–Trinajstić information content (AvgIpc) is 3.15. The molecule has 4 rings (SSSR count). The van der Waals surface area contributed by atoms with Gasteiger partial charge >= 0.3 is 0 Å². The average molecular weight is 406 g/mol. The van der Waals surface area contributed by atoms with Gasteiger partial charge in [0.2, 0.25) is 5.76 Å². The summed E-state index contributed by atoms with van der Waals surface area (Å²) in [7, 11) is 0. The third-order valence-electron chi connectivity index (χ3n) is 5.21. The van der Waals surface area contributed by atoms with Crippen molar-refractivity contribution in [2.45, 2.75) is 13.0 Å². The Labute approximate surface area is 165 Å². The van der Waals surface area contributed by atoms with Gasteiger partial charge in [-0.05, 0) is 13.0 Å². The van der Waals surface area contributed by atoms with Gasteiger partial charge in [-0.1, -0.05) is 0 Å². The molecule has 2 amide bonds. The molecule has 2 aliphatic heterocycles. The summed E-state index contributed by atoms with van der Waals surface area (Å²) >= 11 is 0. The van der Waals surface area contributed by atoms with E-state index in [-0.39, 0.29) is 23.1 Å². The Kier molecular flexibility index (Phi) is 5.29. The standard InChI is InChI=1S/C19H20F2N4O4/c1-11-17(29-10-22-11)18(26)23-16-6-13(14(20)7-15(16)21)19(27)25-3-2-24-4-5-28-9-12(24)8-25/h6-7,10,12H,2-5,8-9H2,1H3,(H,23,26). The summed E-state index contributed by atoms with van der Waals surface area (Å²) in [4.78, 5) is 32.7. The number of hydrogen-bond donors (Lipinski definition) is 1. The molecule has 2 fully saturated rings. The highest BCUT2D eigenvalue weighted by molar-refractivity contribution is 6.04. The second-order valence-electron chi connectivity index (χ2n) is 7.05. The van der Waals surface area contributed by atoms with Crippen molar-refractivity contribution in [2.24, 2.45) is 0 Å². The van der Waals surface area contributed by atoms with Crippen LogP contribution >= 0.6 is 0 Å². The maximum Gasteiger partial charge on any atom is 0.293 e. The molecule has 2 saturated heterocycles. The summed E-state index contributed by atoms with van der Waals surface area (Å²) in [5.41, 5.74) is -0.287. The van der Waals surface area contributed by atoms with Crippen LogP contribution in [-0.4, -0.2) is 72.0 Å². The van der Waals surface area contributed by atoms with E-state index in [0.717, 1.165) is 19.0 Å². The summed E-state index contributed by atoms with van der Waals surface area (Å²) in [6.45, 7) is 5.02. The minimum Gasteiger partial charge on any atom is -0.438 e. The van der Waals surface area contributed by atoms with E-state index in [2.05, 4.69) is 15.2 Å². The number of aromatic nitrogens is 1. The molecular weight excluding hydrogens is 386 g/mol. The van der Waals surface area contributed by atoms with Gasteiger partial charge in [-0.15, -0.1) is 0 Å². The fourth-order valence-electron chi connectivity index (χ4n) is 3.61. The molecule has 0 saturated carbocycles. The van der Waals surface area contributed by atoms with Crippen molar-refractivity contribution in [3.05, 3.63) is 47.2 Å². The molecule has 1 atom stereocenters. The summed E-state index contributed by atoms with van der Waals surface area (Å²) in [5.74, 6) is -3.36. The lowest BCUT2D eigenvalue weighted by Crippen LogP contribution is -2.59. The number of morpholine rings is 1. The number of hydrogen-bond acceptors (Lipinski definition) is 6. The van der Waals surface area contributed by atoms with E-state index >= 15 is 0 Å². The number of nitrogens with zero attached hydrogens (tertiary/aromatic N) is 3. The van der Waals surface area contributed by atoms with Crippen molar-refractivity contribution >= 4 is 17.5 Å². The van der Waals surface area contributed by atoms with Crippen LogP contribution in [0.25, 0.3) is 0 Å². The van der Waals surface area contributed by atoms with Gasteiger partial charge in [0.1, 0.15) is 11.6 Å². The van der Waals surface area contributed by atoms with Gasteiger partial charge in [-0.3, -0.25) is 14.5 Å². The summed E-state index contributed by atoms with van der Waals surface area (Å²) in [5, 5.41) is 2.31. The van der Waals surface area contributed by atoms with Crippen LogP contribution in [0.4, 0.5) is 14.5 Å². The molecule has 1 unspecified atom stereocenters. The first-order chi connectivity index (χ1) is 13.9. The second kappa shape index (κ2) is 7.88. The van der Waals surface area contributed by atoms with Crippen molar-refractivity contribution in [3.8, 4) is 0 Å². The number of halogens is 2. The zero-order valence-corrected chi connectivity index (χ0v) is 15.8. The lowest BCUT2D eigenvalue weighted by molar-refractivity contribution is -0.0395. The highest BCUT2D eigenvalue weighted by Gasteiger charge is 2.33. The third kappa shape index (κ3) is 3.85. The molecule has 29 heavy (non-hydrogen) atoms. The minimum atomic E-state index is -0.991. The number of piperazine rings is 1. The lowest BCUT2D eigenvalue weighted by atomic mass is 10.1. The van der Waals surface area contributed by atoms with E-state index in [1.165, 1.54) is 4.90 Å². The summed E-state index contributed by atoms with van der Waals surface area (Å²) in [6, 6.07) is 1.66. The SMILES string of the molecule is Cc1ncoc1C(=O)Nc1cc(C(=O)N2CCN3CCOCC3C2)c(F)cc1F. The van der Waals surface area contributed by atoms with Crippen LogP contribution in [-0.2, 0) is 4.74 Å². The number of aryl methyl sites for hydroxylation is 1. The van der Waals surface area contributed by atoms with E-state index in [1.807, 2.05) is 0 Å². The number of fused-ring (bicyclic) bond motifs is 1. The first kappa shape index (κ1) is 19.5. The topological polar surface area (TPSA) is 87.9 Å². The van der Waals surface area contributed by atoms with E-state index < -0.39 is 23.4 Å². The maximum atomic E-state index is 14.4. The summed E-state index contributed by atoms with van der Waals surface area (Å²) in [6.07, 6.45) is 1.09. The predicted octanol–water partition coefficient (Wildman–Crippen LogP) is 1.67. The van der Waals surface area contributed by atoms with Crippen LogP contribution in [0.1, 0.15) is 26.6 Å². The van der Waals surface area contributed by atoms with Crippen LogP contribution in [0.15, 0.2) is 22.9 Å². The fourth-order valence-corrected chi connectivity index (χ4v) is 3.61. The monoisotopic (exact) mass is 406 g/mol. The molecule has 1 N–H and O–H groups in total. The molecule has 0 radical (unpaired) electrons. The quantitative estimate of drug-likeness (QED) is 0.835. The molecule has 8 nitrogen and oxygen atoms in total. The molecule has 1 aromatic heterocycles. The Morgan fingerprint density at radius 1 is 1.21 bits per heavy atom. The molecule has 3 heterocycles. The Balaban J connectivity index is 1.54. The van der Waals surface area contributed by atoms with Crippen LogP contribution in [0.5, 0.6) is 0 Å². The molecular formula is C19H20F2N4O4. The van der Waals surface area contributed by atoms with E-state index in [0.29, 0.717) is 44.6 Å². The predicted molar refractivity (Wildman–Crippen MR) is 97.6 cm³/mol. The van der Waals surface area contributed by atoms with Crippen molar-refractivity contribution in [2.75, 3.05) is 44.7 Å². The molecule has 10 heteroatoms. The van der Waals surface area contributed by atoms with Crippen LogP contribution in [0.3, 0.4) is 0 Å². The van der Waals surface area contributed by atoms with Crippen molar-refractivity contribution in [3.63, 3.8) is 0 Å². The number of nitrogens with one attached hydrogen (secondary N) is 1. The van der Waals surface area contributed by atoms with Crippen molar-refractivity contribution < 1.29 is 27.5 Å². The number of amides is 2. The van der Waals surface area contributed by atoms with Gasteiger partial charge in [-0.2, -0.15) is 0 Å². The minimum absolute atomic E-state index is 0.0542. The molecule has 1 aromatic carbocycles. The highest BCUT2D eigenvalue weighted by atomic mass is 19.1. The Morgan fingerprint density at radius 3 is 2.79 bits per heavy atom. The number of carbonyl (C=O) groups excluding carboxylic acids is 2. The van der Waals surface area contributed by atoms with E-state index in [1.54, 1.807) is 6.92 Å². The highest BCUT2D eigenvalue weighted by Crippen LogP contribution is 2.24. The second-order valence-corrected chi connectivity index (χ2v) is 7.05.